The number of hydrogen-bond donors (Lipinski definition) is 2. The lowest BCUT2D eigenvalue weighted by Gasteiger charge is -2.13. The molecular weight excluding hydrogens is 270 g/mol. The van der Waals surface area contributed by atoms with Crippen molar-refractivity contribution in [3.05, 3.63) is 53.6 Å². The Balaban J connectivity index is 2.19. The van der Waals surface area contributed by atoms with Crippen LogP contribution in [0.1, 0.15) is 15.9 Å². The molecule has 2 aromatic rings. The molecule has 0 unspecified atom stereocenters. The summed E-state index contributed by atoms with van der Waals surface area (Å²) in [6.45, 7) is 0.215. The number of carbonyl (C=O) groups is 1. The van der Waals surface area contributed by atoms with E-state index in [1.54, 1.807) is 42.5 Å². The third-order valence-corrected chi connectivity index (χ3v) is 3.09. The molecule has 1 amide bonds. The Labute approximate surface area is 123 Å². The van der Waals surface area contributed by atoms with Gasteiger partial charge < -0.3 is 19.9 Å². The molecule has 0 aliphatic rings. The number of benzene rings is 2. The van der Waals surface area contributed by atoms with Crippen LogP contribution < -0.4 is 14.8 Å². The molecule has 0 saturated heterocycles. The molecule has 110 valence electrons. The van der Waals surface area contributed by atoms with Gasteiger partial charge >= 0.3 is 0 Å². The van der Waals surface area contributed by atoms with E-state index in [4.69, 9.17) is 9.47 Å². The van der Waals surface area contributed by atoms with Crippen molar-refractivity contribution in [2.24, 2.45) is 0 Å². The van der Waals surface area contributed by atoms with Crippen LogP contribution in [-0.4, -0.2) is 25.2 Å². The summed E-state index contributed by atoms with van der Waals surface area (Å²) in [7, 11) is 2.99. The van der Waals surface area contributed by atoms with Gasteiger partial charge in [0.25, 0.3) is 5.91 Å². The molecule has 0 heterocycles. The molecule has 0 spiro atoms. The van der Waals surface area contributed by atoms with E-state index in [1.165, 1.54) is 14.2 Å². The van der Waals surface area contributed by atoms with Crippen molar-refractivity contribution in [1.82, 2.24) is 5.32 Å². The normalized spacial score (nSPS) is 10.0. The Morgan fingerprint density at radius 3 is 2.24 bits per heavy atom. The molecule has 0 aliphatic carbocycles. The van der Waals surface area contributed by atoms with Crippen molar-refractivity contribution in [1.29, 1.82) is 0 Å². The molecule has 5 heteroatoms. The zero-order valence-electron chi connectivity index (χ0n) is 11.9. The average Bonchev–Trinajstić information content (AvgIpc) is 2.52. The van der Waals surface area contributed by atoms with E-state index in [9.17, 15) is 9.90 Å². The first-order chi connectivity index (χ1) is 10.2. The van der Waals surface area contributed by atoms with E-state index < -0.39 is 0 Å². The first-order valence-corrected chi connectivity index (χ1v) is 6.43. The van der Waals surface area contributed by atoms with E-state index in [2.05, 4.69) is 5.32 Å². The number of hydrogen-bond acceptors (Lipinski definition) is 4. The third-order valence-electron chi connectivity index (χ3n) is 3.09. The maximum absolute atomic E-state index is 12.3. The Bertz CT molecular complexity index is 618. The summed E-state index contributed by atoms with van der Waals surface area (Å²) in [6, 6.07) is 12.0. The maximum Gasteiger partial charge on any atom is 0.259 e. The summed E-state index contributed by atoms with van der Waals surface area (Å²) in [6.07, 6.45) is 0. The van der Waals surface area contributed by atoms with Crippen LogP contribution in [0.25, 0.3) is 0 Å². The highest BCUT2D eigenvalue weighted by molar-refractivity contribution is 5.99. The predicted molar refractivity (Wildman–Crippen MR) is 78.8 cm³/mol. The lowest BCUT2D eigenvalue weighted by atomic mass is 10.1. The molecule has 2 N–H and O–H groups in total. The number of phenolic OH excluding ortho intramolecular Hbond substituents is 1. The second-order valence-electron chi connectivity index (χ2n) is 4.35. The smallest absolute Gasteiger partial charge is 0.259 e. The summed E-state index contributed by atoms with van der Waals surface area (Å²) >= 11 is 0. The van der Waals surface area contributed by atoms with Gasteiger partial charge in [0.2, 0.25) is 0 Å². The molecule has 0 bridgehead atoms. The molecule has 0 radical (unpaired) electrons. The van der Waals surface area contributed by atoms with Crippen LogP contribution in [0.2, 0.25) is 0 Å². The summed E-state index contributed by atoms with van der Waals surface area (Å²) in [4.78, 5) is 12.3. The van der Waals surface area contributed by atoms with E-state index in [1.807, 2.05) is 0 Å². The van der Waals surface area contributed by atoms with Crippen LogP contribution in [0.4, 0.5) is 0 Å². The van der Waals surface area contributed by atoms with Crippen LogP contribution in [0.3, 0.4) is 0 Å². The number of methoxy groups -OCH3 is 2. The van der Waals surface area contributed by atoms with Gasteiger partial charge in [-0.2, -0.15) is 0 Å². The first kappa shape index (κ1) is 14.7. The minimum atomic E-state index is -0.326. The third kappa shape index (κ3) is 3.25. The maximum atomic E-state index is 12.3. The molecule has 0 fully saturated rings. The summed E-state index contributed by atoms with van der Waals surface area (Å²) in [5, 5.41) is 12.4. The van der Waals surface area contributed by atoms with Crippen molar-refractivity contribution < 1.29 is 19.4 Å². The largest absolute Gasteiger partial charge is 0.508 e. The first-order valence-electron chi connectivity index (χ1n) is 6.43. The molecule has 0 atom stereocenters. The second-order valence-corrected chi connectivity index (χ2v) is 4.35. The Kier molecular flexibility index (Phi) is 4.66. The number of ether oxygens (including phenoxy) is 2. The number of amides is 1. The lowest BCUT2D eigenvalue weighted by molar-refractivity contribution is 0.0944. The summed E-state index contributed by atoms with van der Waals surface area (Å²) in [5.74, 6) is 0.686. The van der Waals surface area contributed by atoms with E-state index in [-0.39, 0.29) is 18.2 Å². The fourth-order valence-corrected chi connectivity index (χ4v) is 2.00. The molecule has 2 rings (SSSR count). The molecule has 0 aromatic heterocycles. The number of aromatic hydroxyl groups is 1. The minimum absolute atomic E-state index is 0.143. The van der Waals surface area contributed by atoms with Crippen LogP contribution in [0.15, 0.2) is 42.5 Å². The number of carbonyl (C=O) groups excluding carboxylic acids is 1. The number of nitrogens with one attached hydrogen (secondary N) is 1. The standard InChI is InChI=1S/C16H17NO4/c1-20-13-8-5-9-14(21-2)15(13)16(19)17-10-11-6-3-4-7-12(11)18/h3-9,18H,10H2,1-2H3,(H,17,19). The van der Waals surface area contributed by atoms with Crippen LogP contribution in [-0.2, 0) is 6.54 Å². The van der Waals surface area contributed by atoms with Crippen molar-refractivity contribution >= 4 is 5.91 Å². The Morgan fingerprint density at radius 1 is 1.05 bits per heavy atom. The SMILES string of the molecule is COc1cccc(OC)c1C(=O)NCc1ccccc1O. The fraction of sp³-hybridized carbons (Fsp3) is 0.188. The highest BCUT2D eigenvalue weighted by Crippen LogP contribution is 2.28. The van der Waals surface area contributed by atoms with Gasteiger partial charge in [0.15, 0.2) is 0 Å². The number of phenols is 1. The molecule has 0 aliphatic heterocycles. The number of rotatable bonds is 5. The van der Waals surface area contributed by atoms with E-state index >= 15 is 0 Å². The van der Waals surface area contributed by atoms with Gasteiger partial charge in [-0.1, -0.05) is 24.3 Å². The second kappa shape index (κ2) is 6.65. The molecule has 0 saturated carbocycles. The minimum Gasteiger partial charge on any atom is -0.508 e. The van der Waals surface area contributed by atoms with Gasteiger partial charge in [-0.3, -0.25) is 4.79 Å². The average molecular weight is 287 g/mol. The van der Waals surface area contributed by atoms with Gasteiger partial charge in [-0.15, -0.1) is 0 Å². The highest BCUT2D eigenvalue weighted by Gasteiger charge is 2.18. The topological polar surface area (TPSA) is 67.8 Å². The van der Waals surface area contributed by atoms with Gasteiger partial charge in [-0.25, -0.2) is 0 Å². The predicted octanol–water partition coefficient (Wildman–Crippen LogP) is 2.34. The zero-order chi connectivity index (χ0) is 15.2. The summed E-state index contributed by atoms with van der Waals surface area (Å²) in [5.41, 5.74) is 0.970. The quantitative estimate of drug-likeness (QED) is 0.885. The fourth-order valence-electron chi connectivity index (χ4n) is 2.00. The van der Waals surface area contributed by atoms with Crippen molar-refractivity contribution in [3.8, 4) is 17.2 Å². The van der Waals surface area contributed by atoms with Gasteiger partial charge in [0.1, 0.15) is 22.8 Å². The number of para-hydroxylation sites is 1. The van der Waals surface area contributed by atoms with Crippen molar-refractivity contribution in [3.63, 3.8) is 0 Å². The van der Waals surface area contributed by atoms with E-state index in [0.717, 1.165) is 0 Å². The van der Waals surface area contributed by atoms with Crippen molar-refractivity contribution in [2.75, 3.05) is 14.2 Å². The molecule has 5 nitrogen and oxygen atoms in total. The van der Waals surface area contributed by atoms with Crippen LogP contribution in [0.5, 0.6) is 17.2 Å². The van der Waals surface area contributed by atoms with Crippen LogP contribution in [0, 0.1) is 0 Å². The van der Waals surface area contributed by atoms with Gasteiger partial charge in [-0.05, 0) is 18.2 Å². The summed E-state index contributed by atoms with van der Waals surface area (Å²) < 4.78 is 10.4. The highest BCUT2D eigenvalue weighted by atomic mass is 16.5. The van der Waals surface area contributed by atoms with Crippen LogP contribution >= 0.6 is 0 Å². The monoisotopic (exact) mass is 287 g/mol. The molecule has 2 aromatic carbocycles. The molecule has 21 heavy (non-hydrogen) atoms. The van der Waals surface area contributed by atoms with E-state index in [0.29, 0.717) is 22.6 Å². The molecular formula is C16H17NO4. The van der Waals surface area contributed by atoms with Gasteiger partial charge in [0.05, 0.1) is 14.2 Å². The zero-order valence-corrected chi connectivity index (χ0v) is 11.9. The van der Waals surface area contributed by atoms with Crippen molar-refractivity contribution in [2.45, 2.75) is 6.54 Å². The Morgan fingerprint density at radius 2 is 1.67 bits per heavy atom. The van der Waals surface area contributed by atoms with Gasteiger partial charge in [0, 0.05) is 12.1 Å². The lowest BCUT2D eigenvalue weighted by Crippen LogP contribution is -2.24. The Hall–Kier alpha value is -2.69.